The molecule has 4 rings (SSSR count). The average molecular weight is 456 g/mol. The van der Waals surface area contributed by atoms with Gasteiger partial charge in [-0.2, -0.15) is 5.10 Å². The summed E-state index contributed by atoms with van der Waals surface area (Å²) in [5.41, 5.74) is 8.79. The van der Waals surface area contributed by atoms with E-state index in [1.54, 1.807) is 11.1 Å². The summed E-state index contributed by atoms with van der Waals surface area (Å²) in [7, 11) is 0. The Labute approximate surface area is 176 Å². The molecule has 0 aliphatic carbocycles. The van der Waals surface area contributed by atoms with E-state index in [0.717, 1.165) is 26.6 Å². The molecule has 1 unspecified atom stereocenters. The van der Waals surface area contributed by atoms with E-state index in [4.69, 9.17) is 5.73 Å². The van der Waals surface area contributed by atoms with Crippen LogP contribution in [0.4, 0.5) is 5.69 Å². The topological polar surface area (TPSA) is 104 Å². The van der Waals surface area contributed by atoms with Gasteiger partial charge in [0, 0.05) is 28.6 Å². The molecule has 8 heteroatoms. The maximum Gasteiger partial charge on any atom is 0.239 e. The molecule has 0 spiro atoms. The number of halogens is 1. The molecule has 29 heavy (non-hydrogen) atoms. The summed E-state index contributed by atoms with van der Waals surface area (Å²) in [6.45, 7) is 0.943. The third kappa shape index (κ3) is 4.49. The fourth-order valence-electron chi connectivity index (χ4n) is 3.64. The Bertz CT molecular complexity index is 1030. The molecule has 0 bridgehead atoms. The molecule has 2 heterocycles. The molecule has 2 atom stereocenters. The van der Waals surface area contributed by atoms with Crippen molar-refractivity contribution in [3.63, 3.8) is 0 Å². The van der Waals surface area contributed by atoms with Crippen molar-refractivity contribution in [1.29, 1.82) is 0 Å². The van der Waals surface area contributed by atoms with Gasteiger partial charge in [0.05, 0.1) is 23.7 Å². The quantitative estimate of drug-likeness (QED) is 0.549. The number of amides is 2. The van der Waals surface area contributed by atoms with Gasteiger partial charge in [-0.05, 0) is 48.7 Å². The van der Waals surface area contributed by atoms with E-state index in [9.17, 15) is 9.59 Å². The van der Waals surface area contributed by atoms with Gasteiger partial charge in [0.15, 0.2) is 0 Å². The van der Waals surface area contributed by atoms with Crippen LogP contribution in [-0.4, -0.2) is 46.0 Å². The van der Waals surface area contributed by atoms with Gasteiger partial charge in [-0.1, -0.05) is 28.1 Å². The van der Waals surface area contributed by atoms with Crippen LogP contribution in [0.2, 0.25) is 0 Å². The van der Waals surface area contributed by atoms with Gasteiger partial charge < -0.3 is 16.0 Å². The summed E-state index contributed by atoms with van der Waals surface area (Å²) in [4.78, 5) is 27.1. The molecule has 0 radical (unpaired) electrons. The Hall–Kier alpha value is -2.71. The fourth-order valence-corrected chi connectivity index (χ4v) is 3.90. The molecular formula is C21H22BrN5O2. The van der Waals surface area contributed by atoms with Gasteiger partial charge in [-0.25, -0.2) is 0 Å². The van der Waals surface area contributed by atoms with Crippen molar-refractivity contribution in [3.05, 3.63) is 58.7 Å². The smallest absolute Gasteiger partial charge is 0.239 e. The zero-order valence-electron chi connectivity index (χ0n) is 15.8. The molecule has 3 aromatic rings. The van der Waals surface area contributed by atoms with Gasteiger partial charge in [0.2, 0.25) is 11.8 Å². The highest BCUT2D eigenvalue weighted by atomic mass is 79.9. The highest BCUT2D eigenvalue weighted by Gasteiger charge is 2.33. The number of carbonyl (C=O) groups is 2. The van der Waals surface area contributed by atoms with E-state index in [2.05, 4.69) is 31.4 Å². The molecule has 1 aliphatic heterocycles. The number of nitrogens with one attached hydrogen (secondary N) is 2. The normalized spacial score (nSPS) is 17.4. The number of benzene rings is 2. The van der Waals surface area contributed by atoms with Crippen LogP contribution >= 0.6 is 15.9 Å². The first-order chi connectivity index (χ1) is 14.0. The van der Waals surface area contributed by atoms with Gasteiger partial charge in [0.25, 0.3) is 0 Å². The van der Waals surface area contributed by atoms with E-state index < -0.39 is 6.04 Å². The first kappa shape index (κ1) is 19.6. The second-order valence-corrected chi connectivity index (χ2v) is 8.28. The summed E-state index contributed by atoms with van der Waals surface area (Å²) < 4.78 is 0.987. The zero-order valence-corrected chi connectivity index (χ0v) is 17.4. The Morgan fingerprint density at radius 3 is 2.86 bits per heavy atom. The lowest BCUT2D eigenvalue weighted by atomic mass is 10.1. The van der Waals surface area contributed by atoms with E-state index in [1.165, 1.54) is 0 Å². The number of fused-ring (bicyclic) bond motifs is 1. The molecule has 0 saturated carbocycles. The molecule has 1 fully saturated rings. The number of anilines is 1. The second-order valence-electron chi connectivity index (χ2n) is 7.37. The van der Waals surface area contributed by atoms with Gasteiger partial charge in [-0.15, -0.1) is 0 Å². The molecule has 2 aromatic carbocycles. The number of nitrogens with two attached hydrogens (primary N) is 1. The van der Waals surface area contributed by atoms with Crippen LogP contribution in [0.25, 0.3) is 10.9 Å². The molecule has 1 saturated heterocycles. The summed E-state index contributed by atoms with van der Waals surface area (Å²) in [5.74, 6) is -0.425. The van der Waals surface area contributed by atoms with Crippen molar-refractivity contribution in [2.24, 2.45) is 11.7 Å². The van der Waals surface area contributed by atoms with Crippen LogP contribution in [0.5, 0.6) is 0 Å². The van der Waals surface area contributed by atoms with Crippen LogP contribution in [0, 0.1) is 5.92 Å². The fraction of sp³-hybridized carbons (Fsp3) is 0.286. The van der Waals surface area contributed by atoms with Crippen molar-refractivity contribution in [3.8, 4) is 0 Å². The predicted octanol–water partition coefficient (Wildman–Crippen LogP) is 2.68. The number of H-pyrrole nitrogens is 1. The Morgan fingerprint density at radius 1 is 1.28 bits per heavy atom. The second kappa shape index (κ2) is 8.34. The summed E-state index contributed by atoms with van der Waals surface area (Å²) >= 11 is 3.40. The number of hydrogen-bond acceptors (Lipinski definition) is 4. The molecule has 7 nitrogen and oxygen atoms in total. The van der Waals surface area contributed by atoms with E-state index in [1.807, 2.05) is 42.5 Å². The Morgan fingerprint density at radius 2 is 2.07 bits per heavy atom. The number of likely N-dealkylation sites (tertiary alicyclic amines) is 1. The minimum absolute atomic E-state index is 0.0791. The van der Waals surface area contributed by atoms with Gasteiger partial charge >= 0.3 is 0 Å². The van der Waals surface area contributed by atoms with Crippen LogP contribution in [0.15, 0.2) is 53.1 Å². The molecule has 1 aromatic heterocycles. The van der Waals surface area contributed by atoms with Crippen LogP contribution in [-0.2, 0) is 16.0 Å². The molecular weight excluding hydrogens is 434 g/mol. The van der Waals surface area contributed by atoms with E-state index in [-0.39, 0.29) is 17.7 Å². The van der Waals surface area contributed by atoms with Crippen LogP contribution in [0.1, 0.15) is 12.0 Å². The highest BCUT2D eigenvalue weighted by Crippen LogP contribution is 2.22. The number of aromatic nitrogens is 2. The Kier molecular flexibility index (Phi) is 5.64. The van der Waals surface area contributed by atoms with Crippen LogP contribution in [0.3, 0.4) is 0 Å². The van der Waals surface area contributed by atoms with E-state index >= 15 is 0 Å². The minimum atomic E-state index is -0.610. The first-order valence-corrected chi connectivity index (χ1v) is 10.3. The lowest BCUT2D eigenvalue weighted by Gasteiger charge is -2.21. The molecule has 4 N–H and O–H groups in total. The number of hydrogen-bond donors (Lipinski definition) is 3. The van der Waals surface area contributed by atoms with E-state index in [0.29, 0.717) is 25.9 Å². The molecule has 2 amide bonds. The van der Waals surface area contributed by atoms with Crippen molar-refractivity contribution < 1.29 is 9.59 Å². The SMILES string of the molecule is N[C@@H](Cc1ccc(Br)cc1)C(=O)N1CCC(C(=O)Nc2ccc3[nH]ncc3c2)C1. The van der Waals surface area contributed by atoms with Crippen molar-refractivity contribution in [2.75, 3.05) is 18.4 Å². The predicted molar refractivity (Wildman–Crippen MR) is 115 cm³/mol. The lowest BCUT2D eigenvalue weighted by molar-refractivity contribution is -0.131. The largest absolute Gasteiger partial charge is 0.341 e. The molecule has 1 aliphatic rings. The number of rotatable bonds is 5. The molecule has 150 valence electrons. The third-order valence-corrected chi connectivity index (χ3v) is 5.79. The highest BCUT2D eigenvalue weighted by molar-refractivity contribution is 9.10. The minimum Gasteiger partial charge on any atom is -0.341 e. The van der Waals surface area contributed by atoms with Crippen molar-refractivity contribution >= 4 is 44.3 Å². The standard InChI is InChI=1S/C21H22BrN5O2/c22-16-3-1-13(2-4-16)9-18(23)21(29)27-8-7-14(12-27)20(28)25-17-5-6-19-15(10-17)11-24-26-19/h1-6,10-11,14,18H,7-9,12,23H2,(H,24,26)(H,25,28)/t14?,18-/m0/s1. The lowest BCUT2D eigenvalue weighted by Crippen LogP contribution is -2.44. The number of aromatic amines is 1. The summed E-state index contributed by atoms with van der Waals surface area (Å²) in [6.07, 6.45) is 2.83. The third-order valence-electron chi connectivity index (χ3n) is 5.26. The zero-order chi connectivity index (χ0) is 20.4. The monoisotopic (exact) mass is 455 g/mol. The number of nitrogens with zero attached hydrogens (tertiary/aromatic N) is 2. The van der Waals surface area contributed by atoms with Crippen LogP contribution < -0.4 is 11.1 Å². The Balaban J connectivity index is 1.33. The van der Waals surface area contributed by atoms with Gasteiger partial charge in [-0.3, -0.25) is 14.7 Å². The average Bonchev–Trinajstić information content (AvgIpc) is 3.38. The number of carbonyl (C=O) groups excluding carboxylic acids is 2. The maximum absolute atomic E-state index is 12.7. The van der Waals surface area contributed by atoms with Crippen molar-refractivity contribution in [2.45, 2.75) is 18.9 Å². The first-order valence-electron chi connectivity index (χ1n) is 9.52. The summed E-state index contributed by atoms with van der Waals surface area (Å²) in [5, 5.41) is 10.7. The summed E-state index contributed by atoms with van der Waals surface area (Å²) in [6, 6.07) is 12.8. The maximum atomic E-state index is 12.7. The van der Waals surface area contributed by atoms with Crippen molar-refractivity contribution in [1.82, 2.24) is 15.1 Å². The van der Waals surface area contributed by atoms with Gasteiger partial charge in [0.1, 0.15) is 0 Å².